The van der Waals surface area contributed by atoms with Crippen molar-refractivity contribution in [3.05, 3.63) is 171 Å². The van der Waals surface area contributed by atoms with Crippen LogP contribution in [-0.2, 0) is 31.0 Å². The van der Waals surface area contributed by atoms with Gasteiger partial charge in [0, 0.05) is 72.8 Å². The molecule has 0 amide bonds. The van der Waals surface area contributed by atoms with E-state index in [9.17, 15) is 19.8 Å². The fraction of sp³-hybridized carbons (Fsp3) is 0.150. The van der Waals surface area contributed by atoms with Crippen molar-refractivity contribution in [2.24, 2.45) is 5.92 Å². The molecule has 0 fully saturated rings. The van der Waals surface area contributed by atoms with Crippen LogP contribution in [0.3, 0.4) is 0 Å². The first-order valence-electron chi connectivity index (χ1n) is 16.3. The third-order valence-corrected chi connectivity index (χ3v) is 9.56. The number of aromatic nitrogens is 2. The summed E-state index contributed by atoms with van der Waals surface area (Å²) in [5.41, 5.74) is 5.27. The minimum Gasteiger partial charge on any atom is -0.507 e. The lowest BCUT2D eigenvalue weighted by molar-refractivity contribution is -0.111. The van der Waals surface area contributed by atoms with Crippen LogP contribution in [0.2, 0.25) is 5.02 Å². The fourth-order valence-electron chi connectivity index (χ4n) is 6.68. The molecule has 9 nitrogen and oxygen atoms in total. The maximum absolute atomic E-state index is 12.7. The lowest BCUT2D eigenvalue weighted by atomic mass is 9.74. The molecule has 0 saturated heterocycles. The summed E-state index contributed by atoms with van der Waals surface area (Å²) in [5.74, 6) is -1.96. The topological polar surface area (TPSA) is 125 Å². The van der Waals surface area contributed by atoms with E-state index in [1.54, 1.807) is 60.9 Å². The Kier molecular flexibility index (Phi) is 9.85. The number of rotatable bonds is 11. The highest BCUT2D eigenvalue weighted by Crippen LogP contribution is 2.51. The maximum Gasteiger partial charge on any atom is 0.335 e. The number of hydrogen-bond acceptors (Lipinski definition) is 8. The molecular weight excluding hydrogens is 687 g/mol. The number of carboxylic acids is 1. The van der Waals surface area contributed by atoms with Crippen LogP contribution >= 0.6 is 23.2 Å². The van der Waals surface area contributed by atoms with Gasteiger partial charge < -0.3 is 20.3 Å². The molecule has 2 atom stereocenters. The molecule has 3 N–H and O–H groups in total. The van der Waals surface area contributed by atoms with Crippen LogP contribution in [0.5, 0.6) is 11.5 Å². The van der Waals surface area contributed by atoms with Crippen LogP contribution < -0.4 is 10.1 Å². The molecule has 0 spiro atoms. The fourth-order valence-corrected chi connectivity index (χ4v) is 7.07. The highest BCUT2D eigenvalue weighted by molar-refractivity contribution is 6.44. The van der Waals surface area contributed by atoms with Gasteiger partial charge in [-0.3, -0.25) is 19.7 Å². The normalized spacial score (nSPS) is 16.4. The number of fused-ring (bicyclic) bond motifs is 2. The number of pyridine rings is 2. The van der Waals surface area contributed by atoms with Crippen LogP contribution in [0.1, 0.15) is 49.9 Å². The summed E-state index contributed by atoms with van der Waals surface area (Å²) in [4.78, 5) is 36.3. The molecule has 11 heteroatoms. The van der Waals surface area contributed by atoms with E-state index in [0.717, 1.165) is 22.6 Å². The monoisotopic (exact) mass is 718 g/mol. The van der Waals surface area contributed by atoms with Gasteiger partial charge in [-0.25, -0.2) is 4.79 Å². The number of allylic oxidation sites excluding steroid dienone is 3. The summed E-state index contributed by atoms with van der Waals surface area (Å²) < 4.78 is 6.40. The van der Waals surface area contributed by atoms with Crippen LogP contribution in [0.4, 0.5) is 5.69 Å². The Labute approximate surface area is 304 Å². The van der Waals surface area contributed by atoms with E-state index in [-0.39, 0.29) is 22.9 Å². The van der Waals surface area contributed by atoms with Crippen molar-refractivity contribution in [2.75, 3.05) is 5.32 Å². The van der Waals surface area contributed by atoms with Crippen LogP contribution in [-0.4, -0.2) is 36.8 Å². The van der Waals surface area contributed by atoms with E-state index < -0.39 is 23.6 Å². The number of hydrogen-bond donors (Lipinski definition) is 3. The molecule has 2 aliphatic rings. The number of anilines is 1. The van der Waals surface area contributed by atoms with Gasteiger partial charge in [-0.15, -0.1) is 0 Å². The average Bonchev–Trinajstić information content (AvgIpc) is 3.12. The van der Waals surface area contributed by atoms with Crippen molar-refractivity contribution in [2.45, 2.75) is 32.1 Å². The number of aromatic hydroxyl groups is 1. The summed E-state index contributed by atoms with van der Waals surface area (Å²) in [6, 6.07) is 27.3. The highest BCUT2D eigenvalue weighted by Gasteiger charge is 2.40. The molecule has 0 bridgehead atoms. The number of phenols is 1. The number of halogens is 2. The predicted octanol–water partition coefficient (Wildman–Crippen LogP) is 8.08. The number of nitrogens with one attached hydrogen (secondary N) is 1. The van der Waals surface area contributed by atoms with Gasteiger partial charge in [-0.2, -0.15) is 0 Å². The minimum absolute atomic E-state index is 0.0243. The molecule has 0 saturated carbocycles. The van der Waals surface area contributed by atoms with E-state index >= 15 is 0 Å². The van der Waals surface area contributed by atoms with E-state index in [2.05, 4.69) is 20.2 Å². The zero-order valence-corrected chi connectivity index (χ0v) is 28.7. The first kappa shape index (κ1) is 34.0. The Morgan fingerprint density at radius 3 is 2.25 bits per heavy atom. The summed E-state index contributed by atoms with van der Waals surface area (Å²) in [5, 5.41) is 25.4. The first-order valence-corrected chi connectivity index (χ1v) is 17.0. The molecule has 3 aromatic carbocycles. The van der Waals surface area contributed by atoms with Gasteiger partial charge in [-0.1, -0.05) is 65.7 Å². The zero-order chi connectivity index (χ0) is 35.5. The quantitative estimate of drug-likeness (QED) is 0.124. The smallest absolute Gasteiger partial charge is 0.335 e. The van der Waals surface area contributed by atoms with Crippen LogP contribution in [0.15, 0.2) is 126 Å². The van der Waals surface area contributed by atoms with E-state index in [0.29, 0.717) is 52.9 Å². The van der Waals surface area contributed by atoms with Gasteiger partial charge in [-0.05, 0) is 65.7 Å². The zero-order valence-electron chi connectivity index (χ0n) is 27.2. The molecule has 7 rings (SSSR count). The van der Waals surface area contributed by atoms with Gasteiger partial charge in [0.05, 0.1) is 27.5 Å². The van der Waals surface area contributed by atoms with Crippen LogP contribution in [0, 0.1) is 5.92 Å². The van der Waals surface area contributed by atoms with Crippen molar-refractivity contribution in [1.29, 1.82) is 0 Å². The summed E-state index contributed by atoms with van der Waals surface area (Å²) in [6.45, 7) is 1.77. The number of ketones is 1. The van der Waals surface area contributed by atoms with Gasteiger partial charge in [0.15, 0.2) is 5.78 Å². The van der Waals surface area contributed by atoms with Gasteiger partial charge in [0.1, 0.15) is 17.3 Å². The molecule has 2 unspecified atom stereocenters. The van der Waals surface area contributed by atoms with Crippen molar-refractivity contribution >= 4 is 40.6 Å². The number of benzene rings is 3. The second-order valence-electron chi connectivity index (χ2n) is 12.3. The predicted molar refractivity (Wildman–Crippen MR) is 195 cm³/mol. The maximum atomic E-state index is 12.7. The number of nitrogens with zero attached hydrogens (tertiary/aromatic N) is 3. The molecule has 2 aromatic heterocycles. The molecule has 0 radical (unpaired) electrons. The molecule has 1 aliphatic heterocycles. The standard InChI is InChI=1S/C40H32Cl2N4O5/c41-25-11-13-34(24(17-25)21-46(22-26-7-3-5-15-43-26)23-27-8-4-6-16-44-27)45-20-32-35(47)14-12-30-38(28-9-1-2-10-29(28)40(49)50)31-18-33(42)36(48)19-37(31)51-39(30)32/h1-19,31,38,45,47H,20-23H2,(H,49,50). The summed E-state index contributed by atoms with van der Waals surface area (Å²) in [7, 11) is 0. The third kappa shape index (κ3) is 7.37. The Hall–Kier alpha value is -5.48. The average molecular weight is 720 g/mol. The number of phenolic OH excluding ortho intramolecular Hbond substituents is 1. The summed E-state index contributed by atoms with van der Waals surface area (Å²) >= 11 is 12.9. The van der Waals surface area contributed by atoms with E-state index in [1.165, 1.54) is 6.08 Å². The molecule has 256 valence electrons. The number of ether oxygens (including phenoxy) is 1. The number of carboxylic acid groups (broad SMARTS) is 1. The molecular formula is C40H32Cl2N4O5. The van der Waals surface area contributed by atoms with Crippen molar-refractivity contribution in [1.82, 2.24) is 14.9 Å². The summed E-state index contributed by atoms with van der Waals surface area (Å²) in [6.07, 6.45) is 6.49. The first-order chi connectivity index (χ1) is 24.7. The van der Waals surface area contributed by atoms with E-state index in [4.69, 9.17) is 27.9 Å². The van der Waals surface area contributed by atoms with Gasteiger partial charge in [0.25, 0.3) is 0 Å². The van der Waals surface area contributed by atoms with Gasteiger partial charge >= 0.3 is 5.97 Å². The van der Waals surface area contributed by atoms with E-state index in [1.807, 2.05) is 48.5 Å². The second-order valence-corrected chi connectivity index (χ2v) is 13.2. The number of carbonyl (C=O) groups is 2. The second kappa shape index (κ2) is 14.8. The molecule has 1 aliphatic carbocycles. The van der Waals surface area contributed by atoms with Crippen molar-refractivity contribution < 1.29 is 24.5 Å². The largest absolute Gasteiger partial charge is 0.507 e. The Morgan fingerprint density at radius 2 is 1.57 bits per heavy atom. The molecule has 5 aromatic rings. The van der Waals surface area contributed by atoms with Crippen molar-refractivity contribution in [3.8, 4) is 11.5 Å². The number of aromatic carboxylic acids is 1. The molecule has 51 heavy (non-hydrogen) atoms. The highest BCUT2D eigenvalue weighted by atomic mass is 35.5. The Balaban J connectivity index is 1.24. The Morgan fingerprint density at radius 1 is 0.863 bits per heavy atom. The minimum atomic E-state index is -1.08. The molecule has 3 heterocycles. The van der Waals surface area contributed by atoms with Crippen LogP contribution in [0.25, 0.3) is 0 Å². The lowest BCUT2D eigenvalue weighted by Crippen LogP contribution is -2.29. The van der Waals surface area contributed by atoms with Crippen molar-refractivity contribution in [3.63, 3.8) is 0 Å². The third-order valence-electron chi connectivity index (χ3n) is 9.01. The van der Waals surface area contributed by atoms with Gasteiger partial charge in [0.2, 0.25) is 0 Å². The number of carbonyl (C=O) groups excluding carboxylic acids is 1. The lowest BCUT2D eigenvalue weighted by Gasteiger charge is -2.37. The SMILES string of the molecule is O=C1C=C2Oc3c(ccc(O)c3CNc3ccc(Cl)cc3CN(Cc3ccccn3)Cc3ccccn3)C(c3ccccc3C(=O)O)C2C=C1Cl. The Bertz CT molecular complexity index is 2130.